The number of nitrogen functional groups attached to an aromatic ring is 1. The molecule has 0 aromatic heterocycles. The minimum atomic E-state index is -4.99. The van der Waals surface area contributed by atoms with E-state index < -0.39 is 35.4 Å². The molecule has 0 heterocycles. The quantitative estimate of drug-likeness (QED) is 0.738. The Morgan fingerprint density at radius 3 is 2.44 bits per heavy atom. The van der Waals surface area contributed by atoms with Gasteiger partial charge in [-0.25, -0.2) is 4.79 Å². The molecular formula is C9H7ClF3NO4. The van der Waals surface area contributed by atoms with Crippen LogP contribution in [0.25, 0.3) is 0 Å². The van der Waals surface area contributed by atoms with E-state index >= 15 is 0 Å². The Balaban J connectivity index is 3.22. The molecule has 1 aromatic carbocycles. The number of carboxylic acids is 1. The number of anilines is 1. The van der Waals surface area contributed by atoms with Crippen LogP contribution < -0.4 is 10.5 Å². The van der Waals surface area contributed by atoms with E-state index in [1.807, 2.05) is 0 Å². The minimum Gasteiger partial charge on any atom is -0.479 e. The first kappa shape index (κ1) is 14.4. The second-order valence-corrected chi connectivity index (χ2v) is 3.61. The van der Waals surface area contributed by atoms with Crippen LogP contribution in [0.4, 0.5) is 18.9 Å². The van der Waals surface area contributed by atoms with Crippen LogP contribution in [-0.2, 0) is 4.79 Å². The molecule has 0 amide bonds. The van der Waals surface area contributed by atoms with Gasteiger partial charge in [-0.1, -0.05) is 11.6 Å². The third-order valence-corrected chi connectivity index (χ3v) is 2.21. The number of hydrogen-bond acceptors (Lipinski definition) is 4. The van der Waals surface area contributed by atoms with Crippen molar-refractivity contribution in [2.45, 2.75) is 12.5 Å². The molecule has 0 fully saturated rings. The van der Waals surface area contributed by atoms with Gasteiger partial charge in [0.05, 0.1) is 5.69 Å². The number of hydrogen-bond donors (Lipinski definition) is 3. The molecule has 100 valence electrons. The molecule has 0 aliphatic carbocycles. The Labute approximate surface area is 104 Å². The van der Waals surface area contributed by atoms with Crippen molar-refractivity contribution in [1.82, 2.24) is 0 Å². The molecule has 1 unspecified atom stereocenters. The number of aliphatic hydroxyl groups is 1. The highest BCUT2D eigenvalue weighted by atomic mass is 35.5. The zero-order valence-electron chi connectivity index (χ0n) is 8.53. The van der Waals surface area contributed by atoms with Gasteiger partial charge in [-0.15, -0.1) is 13.2 Å². The standard InChI is InChI=1S/C9H7ClF3NO4/c10-4-2-5(14)6(18-9(11,12)13)1-3(4)7(15)8(16)17/h1-2,7,15H,14H2,(H,16,17). The molecule has 0 aliphatic heterocycles. The van der Waals surface area contributed by atoms with Crippen LogP contribution in [0, 0.1) is 0 Å². The van der Waals surface area contributed by atoms with Gasteiger partial charge < -0.3 is 20.7 Å². The van der Waals surface area contributed by atoms with Gasteiger partial charge >= 0.3 is 12.3 Å². The van der Waals surface area contributed by atoms with Crippen molar-refractivity contribution in [2.24, 2.45) is 0 Å². The van der Waals surface area contributed by atoms with Crippen molar-refractivity contribution in [3.05, 3.63) is 22.7 Å². The lowest BCUT2D eigenvalue weighted by molar-refractivity contribution is -0.274. The summed E-state index contributed by atoms with van der Waals surface area (Å²) < 4.78 is 39.6. The summed E-state index contributed by atoms with van der Waals surface area (Å²) in [6, 6.07) is 1.49. The molecule has 0 bridgehead atoms. The number of carbonyl (C=O) groups is 1. The number of nitrogens with two attached hydrogens (primary N) is 1. The van der Waals surface area contributed by atoms with Gasteiger partial charge in [0.15, 0.2) is 11.9 Å². The minimum absolute atomic E-state index is 0.281. The number of carboxylic acid groups (broad SMARTS) is 1. The molecular weight excluding hydrogens is 279 g/mol. The lowest BCUT2D eigenvalue weighted by Crippen LogP contribution is -2.19. The van der Waals surface area contributed by atoms with E-state index in [1.165, 1.54) is 0 Å². The van der Waals surface area contributed by atoms with Gasteiger partial charge in [0.2, 0.25) is 0 Å². The van der Waals surface area contributed by atoms with Gasteiger partial charge in [0.1, 0.15) is 0 Å². The second kappa shape index (κ2) is 4.91. The molecule has 0 radical (unpaired) electrons. The Hall–Kier alpha value is -1.67. The Kier molecular flexibility index (Phi) is 3.92. The third-order valence-electron chi connectivity index (χ3n) is 1.88. The van der Waals surface area contributed by atoms with E-state index in [2.05, 4.69) is 4.74 Å². The van der Waals surface area contributed by atoms with Crippen molar-refractivity contribution < 1.29 is 32.9 Å². The van der Waals surface area contributed by atoms with E-state index in [0.29, 0.717) is 6.07 Å². The second-order valence-electron chi connectivity index (χ2n) is 3.20. The normalized spacial score (nSPS) is 13.2. The molecule has 9 heteroatoms. The summed E-state index contributed by atoms with van der Waals surface area (Å²) in [7, 11) is 0. The van der Waals surface area contributed by atoms with Crippen LogP contribution in [0.5, 0.6) is 5.75 Å². The number of aliphatic carboxylic acids is 1. The Bertz CT molecular complexity index is 478. The number of aliphatic hydroxyl groups excluding tert-OH is 1. The van der Waals surface area contributed by atoms with Crippen LogP contribution in [0.2, 0.25) is 5.02 Å². The fourth-order valence-corrected chi connectivity index (χ4v) is 1.42. The summed E-state index contributed by atoms with van der Waals surface area (Å²) >= 11 is 5.57. The van der Waals surface area contributed by atoms with Crippen LogP contribution in [0.1, 0.15) is 11.7 Å². The maximum atomic E-state index is 12.0. The summed E-state index contributed by atoms with van der Waals surface area (Å²) in [6.07, 6.45) is -7.07. The summed E-state index contributed by atoms with van der Waals surface area (Å²) in [6.45, 7) is 0. The van der Waals surface area contributed by atoms with Gasteiger partial charge in [0.25, 0.3) is 0 Å². The van der Waals surface area contributed by atoms with Crippen LogP contribution in [0.3, 0.4) is 0 Å². The Morgan fingerprint density at radius 2 is 2.00 bits per heavy atom. The number of ether oxygens (including phenoxy) is 1. The van der Waals surface area contributed by atoms with Gasteiger partial charge in [0, 0.05) is 10.6 Å². The maximum absolute atomic E-state index is 12.0. The highest BCUT2D eigenvalue weighted by molar-refractivity contribution is 6.32. The van der Waals surface area contributed by atoms with Crippen molar-refractivity contribution in [3.8, 4) is 5.75 Å². The fourth-order valence-electron chi connectivity index (χ4n) is 1.14. The van der Waals surface area contributed by atoms with Crippen LogP contribution >= 0.6 is 11.6 Å². The third kappa shape index (κ3) is 3.41. The first-order valence-corrected chi connectivity index (χ1v) is 4.75. The number of benzene rings is 1. The van der Waals surface area contributed by atoms with Crippen LogP contribution in [0.15, 0.2) is 12.1 Å². The fraction of sp³-hybridized carbons (Fsp3) is 0.222. The summed E-state index contributed by atoms with van der Waals surface area (Å²) in [5.74, 6) is -2.50. The SMILES string of the molecule is Nc1cc(Cl)c(C(O)C(=O)O)cc1OC(F)(F)F. The first-order valence-electron chi connectivity index (χ1n) is 4.37. The molecule has 0 aliphatic rings. The highest BCUT2D eigenvalue weighted by Crippen LogP contribution is 2.35. The monoisotopic (exact) mass is 285 g/mol. The predicted molar refractivity (Wildman–Crippen MR) is 55.1 cm³/mol. The Morgan fingerprint density at radius 1 is 1.44 bits per heavy atom. The highest BCUT2D eigenvalue weighted by Gasteiger charge is 2.33. The van der Waals surface area contributed by atoms with Crippen LogP contribution in [-0.4, -0.2) is 22.5 Å². The molecule has 1 aromatic rings. The molecule has 0 spiro atoms. The smallest absolute Gasteiger partial charge is 0.479 e. The zero-order chi connectivity index (χ0) is 14.1. The van der Waals surface area contributed by atoms with E-state index in [0.717, 1.165) is 6.07 Å². The number of halogens is 4. The van der Waals surface area contributed by atoms with Crippen molar-refractivity contribution in [1.29, 1.82) is 0 Å². The molecule has 0 saturated carbocycles. The van der Waals surface area contributed by atoms with E-state index in [1.54, 1.807) is 0 Å². The van der Waals surface area contributed by atoms with E-state index in [4.69, 9.17) is 22.4 Å². The predicted octanol–water partition coefficient (Wildman–Crippen LogP) is 1.94. The molecule has 1 atom stereocenters. The summed E-state index contributed by atoms with van der Waals surface area (Å²) in [4.78, 5) is 10.5. The first-order chi connectivity index (χ1) is 8.11. The summed E-state index contributed by atoms with van der Waals surface area (Å²) in [5.41, 5.74) is 4.36. The molecule has 5 nitrogen and oxygen atoms in total. The van der Waals surface area contributed by atoms with E-state index in [-0.39, 0.29) is 5.02 Å². The largest absolute Gasteiger partial charge is 0.573 e. The lowest BCUT2D eigenvalue weighted by Gasteiger charge is -2.15. The summed E-state index contributed by atoms with van der Waals surface area (Å²) in [5, 5.41) is 17.5. The van der Waals surface area contributed by atoms with Crippen molar-refractivity contribution in [2.75, 3.05) is 5.73 Å². The molecule has 18 heavy (non-hydrogen) atoms. The van der Waals surface area contributed by atoms with Gasteiger partial charge in [-0.3, -0.25) is 0 Å². The van der Waals surface area contributed by atoms with Crippen molar-refractivity contribution >= 4 is 23.3 Å². The van der Waals surface area contributed by atoms with Gasteiger partial charge in [-0.2, -0.15) is 0 Å². The molecule has 0 saturated heterocycles. The van der Waals surface area contributed by atoms with Crippen molar-refractivity contribution in [3.63, 3.8) is 0 Å². The lowest BCUT2D eigenvalue weighted by atomic mass is 10.1. The maximum Gasteiger partial charge on any atom is 0.573 e. The molecule has 1 rings (SSSR count). The van der Waals surface area contributed by atoms with E-state index in [9.17, 15) is 23.1 Å². The number of alkyl halides is 3. The topological polar surface area (TPSA) is 92.8 Å². The molecule has 4 N–H and O–H groups in total. The zero-order valence-corrected chi connectivity index (χ0v) is 9.29. The van der Waals surface area contributed by atoms with Gasteiger partial charge in [-0.05, 0) is 12.1 Å². The average Bonchev–Trinajstić information content (AvgIpc) is 2.19. The number of rotatable bonds is 3. The average molecular weight is 286 g/mol.